The highest BCUT2D eigenvalue weighted by molar-refractivity contribution is 5.55. The van der Waals surface area contributed by atoms with Gasteiger partial charge < -0.3 is 18.5 Å². The van der Waals surface area contributed by atoms with Crippen LogP contribution in [0.4, 0.5) is 5.88 Å². The second-order valence-corrected chi connectivity index (χ2v) is 6.95. The summed E-state index contributed by atoms with van der Waals surface area (Å²) in [5.41, 5.74) is 2.38. The van der Waals surface area contributed by atoms with Crippen LogP contribution in [0.5, 0.6) is 5.75 Å². The fraction of sp³-hybridized carbons (Fsp3) is 0.167. The number of rotatable bonds is 7. The Balaban J connectivity index is 1.49. The standard InChI is InChI=1S/C24H21N3O3/c1-17-8-6-7-11-21(17)28-16-19-12-13-22(29-19)23-26-20(14-25)24(30-23)27(2)15-18-9-4-3-5-10-18/h3-13H,15-16H2,1-2H3. The van der Waals surface area contributed by atoms with Gasteiger partial charge in [-0.05, 0) is 36.2 Å². The molecule has 2 aromatic carbocycles. The van der Waals surface area contributed by atoms with Crippen molar-refractivity contribution in [3.63, 3.8) is 0 Å². The van der Waals surface area contributed by atoms with E-state index in [2.05, 4.69) is 11.1 Å². The van der Waals surface area contributed by atoms with E-state index in [1.807, 2.05) is 79.5 Å². The van der Waals surface area contributed by atoms with E-state index in [0.29, 0.717) is 23.9 Å². The Morgan fingerprint density at radius 1 is 1.00 bits per heavy atom. The molecule has 0 aliphatic heterocycles. The number of para-hydroxylation sites is 1. The van der Waals surface area contributed by atoms with Gasteiger partial charge in [-0.25, -0.2) is 0 Å². The zero-order valence-electron chi connectivity index (χ0n) is 16.8. The molecule has 30 heavy (non-hydrogen) atoms. The first-order chi connectivity index (χ1) is 14.6. The van der Waals surface area contributed by atoms with Gasteiger partial charge in [0.05, 0.1) is 0 Å². The van der Waals surface area contributed by atoms with Crippen LogP contribution >= 0.6 is 0 Å². The molecule has 0 amide bonds. The minimum atomic E-state index is 0.220. The molecular formula is C24H21N3O3. The summed E-state index contributed by atoms with van der Waals surface area (Å²) < 4.78 is 17.5. The molecule has 4 aromatic rings. The van der Waals surface area contributed by atoms with Gasteiger partial charge in [-0.15, -0.1) is 0 Å². The molecule has 0 unspecified atom stereocenters. The number of oxazole rings is 1. The van der Waals surface area contributed by atoms with Crippen LogP contribution in [0.3, 0.4) is 0 Å². The van der Waals surface area contributed by atoms with Crippen molar-refractivity contribution >= 4 is 5.88 Å². The Bertz CT molecular complexity index is 1170. The lowest BCUT2D eigenvalue weighted by Crippen LogP contribution is -2.16. The summed E-state index contributed by atoms with van der Waals surface area (Å²) in [6, 6.07) is 23.5. The number of nitriles is 1. The zero-order chi connectivity index (χ0) is 20.9. The van der Waals surface area contributed by atoms with Crippen molar-refractivity contribution in [3.05, 3.63) is 89.3 Å². The number of anilines is 1. The molecule has 0 saturated carbocycles. The van der Waals surface area contributed by atoms with Gasteiger partial charge in [0.15, 0.2) is 5.76 Å². The molecule has 0 N–H and O–H groups in total. The Labute approximate surface area is 175 Å². The fourth-order valence-electron chi connectivity index (χ4n) is 3.12. The minimum absolute atomic E-state index is 0.220. The second-order valence-electron chi connectivity index (χ2n) is 6.95. The molecule has 2 heterocycles. The number of aromatic nitrogens is 1. The van der Waals surface area contributed by atoms with Crippen LogP contribution in [0.15, 0.2) is 75.6 Å². The van der Waals surface area contributed by atoms with E-state index >= 15 is 0 Å². The lowest BCUT2D eigenvalue weighted by molar-refractivity contribution is 0.269. The number of hydrogen-bond donors (Lipinski definition) is 0. The summed E-state index contributed by atoms with van der Waals surface area (Å²) in [5.74, 6) is 2.58. The molecule has 150 valence electrons. The minimum Gasteiger partial charge on any atom is -0.485 e. The lowest BCUT2D eigenvalue weighted by Gasteiger charge is -2.15. The zero-order valence-corrected chi connectivity index (χ0v) is 16.8. The van der Waals surface area contributed by atoms with Crippen LogP contribution in [0, 0.1) is 18.3 Å². The van der Waals surface area contributed by atoms with Gasteiger partial charge in [-0.3, -0.25) is 0 Å². The monoisotopic (exact) mass is 399 g/mol. The van der Waals surface area contributed by atoms with E-state index in [1.165, 1.54) is 0 Å². The van der Waals surface area contributed by atoms with E-state index in [1.54, 1.807) is 6.07 Å². The first-order valence-electron chi connectivity index (χ1n) is 9.57. The van der Waals surface area contributed by atoms with Gasteiger partial charge in [0.25, 0.3) is 5.89 Å². The average molecular weight is 399 g/mol. The Morgan fingerprint density at radius 3 is 2.53 bits per heavy atom. The average Bonchev–Trinajstić information content (AvgIpc) is 3.41. The summed E-state index contributed by atoms with van der Waals surface area (Å²) in [6.07, 6.45) is 0. The normalized spacial score (nSPS) is 10.6. The summed E-state index contributed by atoms with van der Waals surface area (Å²) in [5, 5.41) is 9.49. The molecule has 0 fully saturated rings. The molecule has 6 heteroatoms. The third-order valence-corrected chi connectivity index (χ3v) is 4.66. The molecule has 0 spiro atoms. The van der Waals surface area contributed by atoms with Crippen LogP contribution in [-0.4, -0.2) is 12.0 Å². The van der Waals surface area contributed by atoms with E-state index in [9.17, 15) is 5.26 Å². The molecule has 0 aliphatic rings. The quantitative estimate of drug-likeness (QED) is 0.418. The number of furan rings is 1. The highest BCUT2D eigenvalue weighted by Gasteiger charge is 2.20. The third-order valence-electron chi connectivity index (χ3n) is 4.66. The smallest absolute Gasteiger partial charge is 0.266 e. The van der Waals surface area contributed by atoms with Crippen molar-refractivity contribution in [2.45, 2.75) is 20.1 Å². The predicted molar refractivity (Wildman–Crippen MR) is 113 cm³/mol. The Kier molecular flexibility index (Phi) is 5.53. The summed E-state index contributed by atoms with van der Waals surface area (Å²) in [4.78, 5) is 6.16. The van der Waals surface area contributed by atoms with Gasteiger partial charge in [0.1, 0.15) is 24.2 Å². The van der Waals surface area contributed by atoms with Crippen molar-refractivity contribution < 1.29 is 13.6 Å². The number of ether oxygens (including phenoxy) is 1. The van der Waals surface area contributed by atoms with Crippen LogP contribution in [0.2, 0.25) is 0 Å². The Morgan fingerprint density at radius 2 is 1.77 bits per heavy atom. The van der Waals surface area contributed by atoms with Gasteiger partial charge in [-0.2, -0.15) is 10.2 Å². The highest BCUT2D eigenvalue weighted by atomic mass is 16.5. The van der Waals surface area contributed by atoms with Gasteiger partial charge in [-0.1, -0.05) is 48.5 Å². The topological polar surface area (TPSA) is 75.4 Å². The Hall–Kier alpha value is -3.98. The maximum Gasteiger partial charge on any atom is 0.266 e. The van der Waals surface area contributed by atoms with Gasteiger partial charge >= 0.3 is 0 Å². The van der Waals surface area contributed by atoms with E-state index < -0.39 is 0 Å². The number of aryl methyl sites for hydroxylation is 1. The van der Waals surface area contributed by atoms with Crippen molar-refractivity contribution in [2.24, 2.45) is 0 Å². The summed E-state index contributed by atoms with van der Waals surface area (Å²) in [7, 11) is 1.86. The van der Waals surface area contributed by atoms with Gasteiger partial charge in [0.2, 0.25) is 11.6 Å². The van der Waals surface area contributed by atoms with Gasteiger partial charge in [0, 0.05) is 13.6 Å². The number of benzene rings is 2. The molecule has 6 nitrogen and oxygen atoms in total. The summed E-state index contributed by atoms with van der Waals surface area (Å²) in [6.45, 7) is 2.88. The highest BCUT2D eigenvalue weighted by Crippen LogP contribution is 2.30. The first-order valence-corrected chi connectivity index (χ1v) is 9.57. The number of hydrogen-bond acceptors (Lipinski definition) is 6. The van der Waals surface area contributed by atoms with Crippen LogP contribution in [0.25, 0.3) is 11.7 Å². The van der Waals surface area contributed by atoms with Crippen molar-refractivity contribution in [1.82, 2.24) is 4.98 Å². The summed E-state index contributed by atoms with van der Waals surface area (Å²) >= 11 is 0. The molecular weight excluding hydrogens is 378 g/mol. The third kappa shape index (κ3) is 4.20. The maximum absolute atomic E-state index is 9.49. The predicted octanol–water partition coefficient (Wildman–Crippen LogP) is 5.33. The molecule has 0 atom stereocenters. The molecule has 0 aliphatic carbocycles. The van der Waals surface area contributed by atoms with Crippen LogP contribution < -0.4 is 9.64 Å². The van der Waals surface area contributed by atoms with Crippen LogP contribution in [0.1, 0.15) is 22.6 Å². The number of nitrogens with zero attached hydrogens (tertiary/aromatic N) is 3. The van der Waals surface area contributed by atoms with E-state index in [-0.39, 0.29) is 18.2 Å². The van der Waals surface area contributed by atoms with Crippen molar-refractivity contribution in [2.75, 3.05) is 11.9 Å². The molecule has 2 aromatic heterocycles. The SMILES string of the molecule is Cc1ccccc1OCc1ccc(-c2nc(C#N)c(N(C)Cc3ccccc3)o2)o1. The van der Waals surface area contributed by atoms with E-state index in [0.717, 1.165) is 16.9 Å². The second kappa shape index (κ2) is 8.58. The van der Waals surface area contributed by atoms with Crippen molar-refractivity contribution in [1.29, 1.82) is 5.26 Å². The largest absolute Gasteiger partial charge is 0.485 e. The van der Waals surface area contributed by atoms with Crippen LogP contribution in [-0.2, 0) is 13.2 Å². The van der Waals surface area contributed by atoms with E-state index in [4.69, 9.17) is 13.6 Å². The van der Waals surface area contributed by atoms with Crippen molar-refractivity contribution in [3.8, 4) is 23.5 Å². The fourth-order valence-corrected chi connectivity index (χ4v) is 3.12. The molecule has 0 saturated heterocycles. The lowest BCUT2D eigenvalue weighted by atomic mass is 10.2. The molecule has 0 bridgehead atoms. The maximum atomic E-state index is 9.49. The first kappa shape index (κ1) is 19.3. The molecule has 4 rings (SSSR count). The molecule has 0 radical (unpaired) electrons.